The third-order valence-electron chi connectivity index (χ3n) is 5.51. The van der Waals surface area contributed by atoms with Crippen molar-refractivity contribution >= 4 is 11.8 Å². The fourth-order valence-corrected chi connectivity index (χ4v) is 3.36. The lowest BCUT2D eigenvalue weighted by atomic mass is 10.00. The van der Waals surface area contributed by atoms with Gasteiger partial charge < -0.3 is 19.6 Å². The molecule has 2 amide bonds. The second kappa shape index (κ2) is 10.2. The monoisotopic (exact) mass is 436 g/mol. The van der Waals surface area contributed by atoms with Gasteiger partial charge in [0.2, 0.25) is 11.8 Å². The molecule has 8 nitrogen and oxygen atoms in total. The lowest BCUT2D eigenvalue weighted by molar-refractivity contribution is -0.129. The van der Waals surface area contributed by atoms with E-state index in [-0.39, 0.29) is 47.9 Å². The van der Waals surface area contributed by atoms with Crippen LogP contribution in [0, 0.1) is 17.8 Å². The minimum absolute atomic E-state index is 0.0761. The van der Waals surface area contributed by atoms with Gasteiger partial charge in [0.1, 0.15) is 17.4 Å². The van der Waals surface area contributed by atoms with Crippen LogP contribution >= 0.6 is 0 Å². The molecule has 0 radical (unpaired) electrons. The van der Waals surface area contributed by atoms with Crippen molar-refractivity contribution in [3.8, 4) is 17.7 Å². The molecular weight excluding hydrogens is 408 g/mol. The summed E-state index contributed by atoms with van der Waals surface area (Å²) in [6.45, 7) is 5.81. The van der Waals surface area contributed by atoms with Gasteiger partial charge in [0.25, 0.3) is 5.91 Å². The fraction of sp³-hybridized carbons (Fsp3) is 0.417. The van der Waals surface area contributed by atoms with Crippen molar-refractivity contribution in [2.45, 2.75) is 32.9 Å². The number of amides is 2. The molecule has 168 valence electrons. The summed E-state index contributed by atoms with van der Waals surface area (Å²) in [7, 11) is 1.71. The van der Waals surface area contributed by atoms with E-state index in [0.717, 1.165) is 0 Å². The van der Waals surface area contributed by atoms with Crippen molar-refractivity contribution in [1.82, 2.24) is 19.8 Å². The van der Waals surface area contributed by atoms with E-state index in [1.165, 1.54) is 6.92 Å². The van der Waals surface area contributed by atoms with Gasteiger partial charge in [-0.2, -0.15) is 0 Å². The van der Waals surface area contributed by atoms with E-state index in [0.29, 0.717) is 24.3 Å². The van der Waals surface area contributed by atoms with Crippen molar-refractivity contribution in [1.29, 1.82) is 0 Å². The molecule has 2 aromatic rings. The number of aliphatic hydroxyl groups is 1. The number of aromatic nitrogens is 2. The molecule has 0 saturated heterocycles. The summed E-state index contributed by atoms with van der Waals surface area (Å²) in [4.78, 5) is 36.9. The summed E-state index contributed by atoms with van der Waals surface area (Å²) in [5, 5.41) is 9.73. The Morgan fingerprint density at radius 2 is 2.16 bits per heavy atom. The quantitative estimate of drug-likeness (QED) is 0.731. The Bertz CT molecular complexity index is 1030. The average molecular weight is 437 g/mol. The number of hydrogen-bond donors (Lipinski definition) is 1. The van der Waals surface area contributed by atoms with Gasteiger partial charge in [0, 0.05) is 44.4 Å². The third kappa shape index (κ3) is 5.42. The van der Waals surface area contributed by atoms with Crippen molar-refractivity contribution in [2.24, 2.45) is 5.92 Å². The molecule has 8 heteroatoms. The Labute approximate surface area is 188 Å². The van der Waals surface area contributed by atoms with Crippen LogP contribution in [0.1, 0.15) is 42.4 Å². The maximum absolute atomic E-state index is 13.4. The highest BCUT2D eigenvalue weighted by molar-refractivity contribution is 5.97. The predicted molar refractivity (Wildman–Crippen MR) is 119 cm³/mol. The molecule has 0 bridgehead atoms. The van der Waals surface area contributed by atoms with E-state index in [1.54, 1.807) is 48.3 Å². The van der Waals surface area contributed by atoms with Crippen LogP contribution in [0.15, 0.2) is 36.7 Å². The summed E-state index contributed by atoms with van der Waals surface area (Å²) in [6.07, 6.45) is 2.84. The molecule has 3 atom stereocenters. The summed E-state index contributed by atoms with van der Waals surface area (Å²) in [6, 6.07) is 6.72. The molecule has 3 heterocycles. The predicted octanol–water partition coefficient (Wildman–Crippen LogP) is 1.57. The zero-order valence-corrected chi connectivity index (χ0v) is 18.8. The largest absolute Gasteiger partial charge is 0.472 e. The lowest BCUT2D eigenvalue weighted by Crippen LogP contribution is -2.50. The molecule has 1 aliphatic heterocycles. The third-order valence-corrected chi connectivity index (χ3v) is 5.51. The van der Waals surface area contributed by atoms with Gasteiger partial charge in [-0.05, 0) is 31.0 Å². The highest BCUT2D eigenvalue weighted by Crippen LogP contribution is 2.27. The molecule has 0 saturated carbocycles. The van der Waals surface area contributed by atoms with Crippen LogP contribution in [0.25, 0.3) is 0 Å². The number of rotatable bonds is 4. The van der Waals surface area contributed by atoms with Gasteiger partial charge in [-0.3, -0.25) is 9.59 Å². The van der Waals surface area contributed by atoms with E-state index in [9.17, 15) is 14.7 Å². The molecule has 2 aromatic heterocycles. The number of aliphatic hydroxyl groups excluding tert-OH is 1. The van der Waals surface area contributed by atoms with Gasteiger partial charge in [-0.1, -0.05) is 18.9 Å². The zero-order valence-electron chi connectivity index (χ0n) is 18.8. The lowest BCUT2D eigenvalue weighted by Gasteiger charge is -2.37. The van der Waals surface area contributed by atoms with E-state index in [2.05, 4.69) is 21.8 Å². The highest BCUT2D eigenvalue weighted by Gasteiger charge is 2.34. The van der Waals surface area contributed by atoms with Crippen LogP contribution in [0.4, 0.5) is 0 Å². The van der Waals surface area contributed by atoms with Gasteiger partial charge in [0.05, 0.1) is 19.2 Å². The van der Waals surface area contributed by atoms with Crippen molar-refractivity contribution in [3.63, 3.8) is 0 Å². The van der Waals surface area contributed by atoms with Crippen LogP contribution in [-0.4, -0.2) is 75.6 Å². The van der Waals surface area contributed by atoms with Crippen molar-refractivity contribution in [3.05, 3.63) is 53.5 Å². The molecule has 0 spiro atoms. The number of carbonyl (C=O) groups excluding carboxylic acids is 2. The van der Waals surface area contributed by atoms with Gasteiger partial charge >= 0.3 is 0 Å². The topological polar surface area (TPSA) is 95.9 Å². The summed E-state index contributed by atoms with van der Waals surface area (Å²) in [5.74, 6) is 5.70. The SMILES string of the molecule is CC(=O)N(C)C[C@H]1Oc2ncc(C#Cc3ccccn3)cc2C(=O)N([C@H](C)CO)C[C@@H]1C. The molecule has 0 fully saturated rings. The van der Waals surface area contributed by atoms with Crippen LogP contribution < -0.4 is 4.74 Å². The van der Waals surface area contributed by atoms with Crippen molar-refractivity contribution < 1.29 is 19.4 Å². The molecule has 32 heavy (non-hydrogen) atoms. The van der Waals surface area contributed by atoms with Crippen LogP contribution in [0.3, 0.4) is 0 Å². The number of ether oxygens (including phenoxy) is 1. The smallest absolute Gasteiger partial charge is 0.259 e. The second-order valence-corrected chi connectivity index (χ2v) is 8.06. The van der Waals surface area contributed by atoms with Crippen LogP contribution in [0.2, 0.25) is 0 Å². The second-order valence-electron chi connectivity index (χ2n) is 8.06. The van der Waals surface area contributed by atoms with E-state index >= 15 is 0 Å². The average Bonchev–Trinajstić information content (AvgIpc) is 2.80. The number of carbonyl (C=O) groups is 2. The highest BCUT2D eigenvalue weighted by atomic mass is 16.5. The van der Waals surface area contributed by atoms with Gasteiger partial charge in [0.15, 0.2) is 0 Å². The Hall–Kier alpha value is -3.44. The van der Waals surface area contributed by atoms with E-state index in [1.807, 2.05) is 19.1 Å². The molecule has 1 aliphatic rings. The fourth-order valence-electron chi connectivity index (χ4n) is 3.36. The number of hydrogen-bond acceptors (Lipinski definition) is 6. The van der Waals surface area contributed by atoms with E-state index in [4.69, 9.17) is 4.74 Å². The molecular formula is C24H28N4O4. The molecule has 3 rings (SSSR count). The standard InChI is InChI=1S/C24H28N4O4/c1-16-13-28(17(2)15-29)24(31)21-11-19(8-9-20-7-5-6-10-25-20)12-26-23(21)32-22(16)14-27(4)18(3)30/h5-7,10-12,16-17,22,29H,13-15H2,1-4H3/t16-,17+,22+/m0/s1. The molecule has 1 N–H and O–H groups in total. The van der Waals surface area contributed by atoms with Crippen LogP contribution in [-0.2, 0) is 4.79 Å². The molecule has 0 aliphatic carbocycles. The molecule has 0 aromatic carbocycles. The Kier molecular flexibility index (Phi) is 7.44. The normalized spacial score (nSPS) is 18.9. The Morgan fingerprint density at radius 3 is 2.81 bits per heavy atom. The van der Waals surface area contributed by atoms with Gasteiger partial charge in [-0.15, -0.1) is 0 Å². The first-order valence-corrected chi connectivity index (χ1v) is 10.5. The first-order valence-electron chi connectivity index (χ1n) is 10.5. The van der Waals surface area contributed by atoms with E-state index < -0.39 is 0 Å². The minimum Gasteiger partial charge on any atom is -0.472 e. The summed E-state index contributed by atoms with van der Waals surface area (Å²) < 4.78 is 6.14. The number of pyridine rings is 2. The van der Waals surface area contributed by atoms with Gasteiger partial charge in [-0.25, -0.2) is 9.97 Å². The zero-order chi connectivity index (χ0) is 23.3. The maximum atomic E-state index is 13.4. The summed E-state index contributed by atoms with van der Waals surface area (Å²) in [5.41, 5.74) is 1.44. The number of nitrogens with zero attached hydrogens (tertiary/aromatic N) is 4. The van der Waals surface area contributed by atoms with Crippen molar-refractivity contribution in [2.75, 3.05) is 26.7 Å². The first kappa shape index (κ1) is 23.2. The maximum Gasteiger partial charge on any atom is 0.259 e. The first-order chi connectivity index (χ1) is 15.3. The molecule has 0 unspecified atom stereocenters. The number of likely N-dealkylation sites (N-methyl/N-ethyl adjacent to an activating group) is 1. The number of fused-ring (bicyclic) bond motifs is 1. The van der Waals surface area contributed by atoms with Crippen LogP contribution in [0.5, 0.6) is 5.88 Å². The minimum atomic E-state index is -0.384. The Morgan fingerprint density at radius 1 is 1.38 bits per heavy atom. The Balaban J connectivity index is 2.00. The summed E-state index contributed by atoms with van der Waals surface area (Å²) >= 11 is 0.